The largest absolute Gasteiger partial charge is 0.311 e. The third-order valence-corrected chi connectivity index (χ3v) is 7.24. The van der Waals surface area contributed by atoms with Crippen LogP contribution in [0.25, 0.3) is 0 Å². The van der Waals surface area contributed by atoms with Crippen LogP contribution >= 0.6 is 0 Å². The van der Waals surface area contributed by atoms with Gasteiger partial charge in [-0.05, 0) is 50.4 Å². The summed E-state index contributed by atoms with van der Waals surface area (Å²) in [5.74, 6) is 2.01. The molecule has 0 radical (unpaired) electrons. The molecule has 21 heavy (non-hydrogen) atoms. The molecule has 3 saturated carbocycles. The van der Waals surface area contributed by atoms with Crippen molar-refractivity contribution in [1.82, 2.24) is 10.2 Å². The summed E-state index contributed by atoms with van der Waals surface area (Å²) in [4.78, 5) is 2.99. The molecule has 0 bridgehead atoms. The fraction of sp³-hybridized carbons (Fsp3) is 1.00. The first kappa shape index (κ1) is 14.5. The highest BCUT2D eigenvalue weighted by Gasteiger charge is 2.45. The normalized spacial score (nSPS) is 35.1. The summed E-state index contributed by atoms with van der Waals surface area (Å²) in [7, 11) is 0. The van der Waals surface area contributed by atoms with Crippen molar-refractivity contribution in [3.8, 4) is 0 Å². The minimum absolute atomic E-state index is 0.556. The van der Waals surface area contributed by atoms with E-state index in [2.05, 4.69) is 10.2 Å². The molecule has 120 valence electrons. The molecule has 0 aromatic heterocycles. The summed E-state index contributed by atoms with van der Waals surface area (Å²) >= 11 is 0. The number of piperazine rings is 1. The second kappa shape index (κ2) is 6.20. The van der Waals surface area contributed by atoms with E-state index >= 15 is 0 Å². The van der Waals surface area contributed by atoms with Gasteiger partial charge in [-0.1, -0.05) is 38.5 Å². The second-order valence-corrected chi connectivity index (χ2v) is 8.52. The third-order valence-electron chi connectivity index (χ3n) is 7.24. The zero-order valence-corrected chi connectivity index (χ0v) is 13.8. The van der Waals surface area contributed by atoms with Gasteiger partial charge in [-0.15, -0.1) is 0 Å². The van der Waals surface area contributed by atoms with Crippen LogP contribution in [0.15, 0.2) is 0 Å². The lowest BCUT2D eigenvalue weighted by atomic mass is 9.78. The first-order valence-corrected chi connectivity index (χ1v) is 9.84. The molecular weight excluding hydrogens is 256 g/mol. The number of nitrogens with one attached hydrogen (secondary N) is 1. The molecule has 1 aliphatic heterocycles. The van der Waals surface area contributed by atoms with Crippen molar-refractivity contribution in [2.75, 3.05) is 19.6 Å². The second-order valence-electron chi connectivity index (χ2n) is 8.52. The Hall–Kier alpha value is -0.0800. The molecule has 4 aliphatic rings. The lowest BCUT2D eigenvalue weighted by Gasteiger charge is -2.52. The van der Waals surface area contributed by atoms with Crippen LogP contribution in [-0.4, -0.2) is 36.1 Å². The Kier molecular flexibility index (Phi) is 4.28. The minimum Gasteiger partial charge on any atom is -0.311 e. The van der Waals surface area contributed by atoms with Gasteiger partial charge in [0.2, 0.25) is 0 Å². The monoisotopic (exact) mass is 290 g/mol. The van der Waals surface area contributed by atoms with Crippen LogP contribution in [0, 0.1) is 11.8 Å². The quantitative estimate of drug-likeness (QED) is 0.846. The van der Waals surface area contributed by atoms with Crippen molar-refractivity contribution in [3.05, 3.63) is 0 Å². The van der Waals surface area contributed by atoms with Gasteiger partial charge >= 0.3 is 0 Å². The van der Waals surface area contributed by atoms with Gasteiger partial charge in [-0.2, -0.15) is 0 Å². The van der Waals surface area contributed by atoms with E-state index in [1.54, 1.807) is 0 Å². The van der Waals surface area contributed by atoms with E-state index in [1.807, 2.05) is 0 Å². The van der Waals surface area contributed by atoms with Crippen LogP contribution in [0.3, 0.4) is 0 Å². The predicted molar refractivity (Wildman–Crippen MR) is 88.5 cm³/mol. The fourth-order valence-corrected chi connectivity index (χ4v) is 5.56. The Bertz CT molecular complexity index is 337. The van der Waals surface area contributed by atoms with Crippen molar-refractivity contribution in [1.29, 1.82) is 0 Å². The van der Waals surface area contributed by atoms with Crippen molar-refractivity contribution in [3.63, 3.8) is 0 Å². The Morgan fingerprint density at radius 1 is 0.857 bits per heavy atom. The van der Waals surface area contributed by atoms with Gasteiger partial charge in [0.05, 0.1) is 0 Å². The fourth-order valence-electron chi connectivity index (χ4n) is 5.56. The Labute approximate surface area is 131 Å². The number of hydrogen-bond acceptors (Lipinski definition) is 2. The SMILES string of the molecule is C1CCC(C2CN(CC3CCC3)C3(CCCC3)CN2)CC1. The van der Waals surface area contributed by atoms with Crippen LogP contribution in [0.4, 0.5) is 0 Å². The Balaban J connectivity index is 1.43. The maximum atomic E-state index is 4.02. The molecule has 4 rings (SSSR count). The zero-order valence-electron chi connectivity index (χ0n) is 13.8. The summed E-state index contributed by atoms with van der Waals surface area (Å²) < 4.78 is 0. The molecule has 0 amide bonds. The van der Waals surface area contributed by atoms with Crippen molar-refractivity contribution in [2.45, 2.75) is 88.6 Å². The van der Waals surface area contributed by atoms with Crippen LogP contribution < -0.4 is 5.32 Å². The van der Waals surface area contributed by atoms with Gasteiger partial charge in [0.25, 0.3) is 0 Å². The first-order chi connectivity index (χ1) is 10.4. The summed E-state index contributed by atoms with van der Waals surface area (Å²) in [6.07, 6.45) is 17.8. The van der Waals surface area contributed by atoms with Crippen LogP contribution in [0.1, 0.15) is 77.0 Å². The summed E-state index contributed by atoms with van der Waals surface area (Å²) in [5.41, 5.74) is 0.556. The highest BCUT2D eigenvalue weighted by atomic mass is 15.3. The zero-order chi connectivity index (χ0) is 14.1. The van der Waals surface area contributed by atoms with E-state index in [0.717, 1.165) is 17.9 Å². The molecule has 1 unspecified atom stereocenters. The molecule has 0 aromatic carbocycles. The van der Waals surface area contributed by atoms with E-state index < -0.39 is 0 Å². The molecule has 1 N–H and O–H groups in total. The molecule has 1 saturated heterocycles. The van der Waals surface area contributed by atoms with Gasteiger partial charge in [-0.3, -0.25) is 4.90 Å². The molecular formula is C19H34N2. The molecule has 3 aliphatic carbocycles. The average Bonchev–Trinajstić information content (AvgIpc) is 2.95. The smallest absolute Gasteiger partial charge is 0.0334 e. The summed E-state index contributed by atoms with van der Waals surface area (Å²) in [5, 5.41) is 4.02. The van der Waals surface area contributed by atoms with Crippen LogP contribution in [0.5, 0.6) is 0 Å². The van der Waals surface area contributed by atoms with Gasteiger partial charge in [0, 0.05) is 31.2 Å². The summed E-state index contributed by atoms with van der Waals surface area (Å²) in [6.45, 7) is 4.08. The molecule has 0 aromatic rings. The van der Waals surface area contributed by atoms with Crippen molar-refractivity contribution in [2.24, 2.45) is 11.8 Å². The van der Waals surface area contributed by atoms with E-state index in [-0.39, 0.29) is 0 Å². The van der Waals surface area contributed by atoms with Gasteiger partial charge in [-0.25, -0.2) is 0 Å². The minimum atomic E-state index is 0.556. The lowest BCUT2D eigenvalue weighted by Crippen LogP contribution is -2.66. The van der Waals surface area contributed by atoms with Gasteiger partial charge in [0.1, 0.15) is 0 Å². The number of nitrogens with zero attached hydrogens (tertiary/aromatic N) is 1. The molecule has 1 spiro atoms. The summed E-state index contributed by atoms with van der Waals surface area (Å²) in [6, 6.07) is 0.802. The van der Waals surface area contributed by atoms with Crippen molar-refractivity contribution < 1.29 is 0 Å². The van der Waals surface area contributed by atoms with E-state index in [9.17, 15) is 0 Å². The lowest BCUT2D eigenvalue weighted by molar-refractivity contribution is 0.00309. The molecule has 4 fully saturated rings. The molecule has 2 heteroatoms. The molecule has 2 nitrogen and oxygen atoms in total. The van der Waals surface area contributed by atoms with Gasteiger partial charge in [0.15, 0.2) is 0 Å². The van der Waals surface area contributed by atoms with Crippen molar-refractivity contribution >= 4 is 0 Å². The standard InChI is InChI=1S/C19H34N2/c1-2-9-17(10-3-1)18-14-21(13-16-7-6-8-16)19(15-20-18)11-4-5-12-19/h16-18,20H,1-15H2. The first-order valence-electron chi connectivity index (χ1n) is 9.84. The highest BCUT2D eigenvalue weighted by Crippen LogP contribution is 2.41. The Morgan fingerprint density at radius 3 is 2.29 bits per heavy atom. The van der Waals surface area contributed by atoms with Crippen LogP contribution in [-0.2, 0) is 0 Å². The maximum absolute atomic E-state index is 4.02. The number of hydrogen-bond donors (Lipinski definition) is 1. The third kappa shape index (κ3) is 2.91. The predicted octanol–water partition coefficient (Wildman–Crippen LogP) is 3.95. The average molecular weight is 290 g/mol. The van der Waals surface area contributed by atoms with E-state index in [1.165, 1.54) is 96.7 Å². The van der Waals surface area contributed by atoms with Gasteiger partial charge < -0.3 is 5.32 Å². The van der Waals surface area contributed by atoms with E-state index in [0.29, 0.717) is 5.54 Å². The topological polar surface area (TPSA) is 15.3 Å². The highest BCUT2D eigenvalue weighted by molar-refractivity contribution is 5.03. The Morgan fingerprint density at radius 2 is 1.62 bits per heavy atom. The van der Waals surface area contributed by atoms with Crippen LogP contribution in [0.2, 0.25) is 0 Å². The van der Waals surface area contributed by atoms with E-state index in [4.69, 9.17) is 0 Å². The molecule has 1 heterocycles. The maximum Gasteiger partial charge on any atom is 0.0334 e. The molecule has 1 atom stereocenters. The number of rotatable bonds is 3.